The Morgan fingerprint density at radius 3 is 2.69 bits per heavy atom. The number of nitrogens with zero attached hydrogens (tertiary/aromatic N) is 2. The summed E-state index contributed by atoms with van der Waals surface area (Å²) in [4.78, 5) is 20.2. The largest absolute Gasteiger partial charge is 0.497 e. The maximum Gasteiger partial charge on any atom is 0.256 e. The summed E-state index contributed by atoms with van der Waals surface area (Å²) >= 11 is 7.71. The van der Waals surface area contributed by atoms with E-state index in [0.717, 1.165) is 12.1 Å². The molecule has 1 amide bonds. The molecule has 0 saturated carbocycles. The highest BCUT2D eigenvalue weighted by Crippen LogP contribution is 2.31. The molecule has 3 rings (SSSR count). The minimum Gasteiger partial charge on any atom is -0.497 e. The first-order valence-corrected chi connectivity index (χ1v) is 12.4. The lowest BCUT2D eigenvalue weighted by Crippen LogP contribution is -2.38. The molecule has 0 radical (unpaired) electrons. The van der Waals surface area contributed by atoms with Crippen LogP contribution in [0, 0.1) is 0 Å². The van der Waals surface area contributed by atoms with Gasteiger partial charge in [-0.2, -0.15) is 0 Å². The molecule has 1 aromatic heterocycles. The zero-order valence-electron chi connectivity index (χ0n) is 19.8. The molecule has 2 heterocycles. The molecule has 6 nitrogen and oxygen atoms in total. The second-order valence-corrected chi connectivity index (χ2v) is 9.64. The molecule has 1 atom stereocenters. The van der Waals surface area contributed by atoms with Gasteiger partial charge in [0.1, 0.15) is 5.76 Å². The number of carbonyl (C=O) groups excluding carboxylic acids is 1. The van der Waals surface area contributed by atoms with Crippen LogP contribution in [0.4, 0.5) is 0 Å². The van der Waals surface area contributed by atoms with E-state index in [0.29, 0.717) is 27.8 Å². The van der Waals surface area contributed by atoms with Gasteiger partial charge in [-0.25, -0.2) is 5.26 Å². The number of thioether (sulfide) groups is 1. The Bertz CT molecular complexity index is 1150. The molecule has 0 saturated heterocycles. The lowest BCUT2D eigenvalue weighted by atomic mass is 10.1. The molecule has 1 N–H and O–H groups in total. The Morgan fingerprint density at radius 2 is 2.03 bits per heavy atom. The number of para-hydroxylation sites is 1. The van der Waals surface area contributed by atoms with Gasteiger partial charge in [0.25, 0.3) is 5.91 Å². The number of methoxy groups -OCH3 is 1. The molecular formula is C27H29ClN2O4S. The first-order valence-electron chi connectivity index (χ1n) is 11.1. The normalized spacial score (nSPS) is 16.0. The second-order valence-electron chi connectivity index (χ2n) is 7.73. The van der Waals surface area contributed by atoms with Gasteiger partial charge < -0.3 is 19.1 Å². The van der Waals surface area contributed by atoms with Crippen molar-refractivity contribution in [2.24, 2.45) is 0 Å². The van der Waals surface area contributed by atoms with E-state index >= 15 is 0 Å². The summed E-state index contributed by atoms with van der Waals surface area (Å²) in [6, 6.07) is 11.3. The number of aromatic nitrogens is 1. The van der Waals surface area contributed by atoms with E-state index in [1.807, 2.05) is 78.5 Å². The predicted molar refractivity (Wildman–Crippen MR) is 142 cm³/mol. The van der Waals surface area contributed by atoms with Crippen LogP contribution in [-0.2, 0) is 9.62 Å². The van der Waals surface area contributed by atoms with Crippen LogP contribution in [0.25, 0.3) is 5.69 Å². The Morgan fingerprint density at radius 1 is 1.29 bits per heavy atom. The molecular weight excluding hydrogens is 484 g/mol. The van der Waals surface area contributed by atoms with Gasteiger partial charge in [0.15, 0.2) is 5.76 Å². The Hall–Kier alpha value is -3.13. The van der Waals surface area contributed by atoms with Crippen LogP contribution in [0.15, 0.2) is 107 Å². The summed E-state index contributed by atoms with van der Waals surface area (Å²) < 4.78 is 7.88. The van der Waals surface area contributed by atoms with Gasteiger partial charge in [-0.3, -0.25) is 4.79 Å². The van der Waals surface area contributed by atoms with Crippen molar-refractivity contribution >= 4 is 29.3 Å². The number of ether oxygens (including phenoxy) is 1. The molecule has 184 valence electrons. The third kappa shape index (κ3) is 7.18. The number of rotatable bonds is 11. The highest BCUT2D eigenvalue weighted by molar-refractivity contribution is 8.05. The van der Waals surface area contributed by atoms with Crippen molar-refractivity contribution in [2.75, 3.05) is 20.2 Å². The van der Waals surface area contributed by atoms with Gasteiger partial charge in [0.2, 0.25) is 0 Å². The minimum atomic E-state index is -0.177. The van der Waals surface area contributed by atoms with Gasteiger partial charge in [-0.1, -0.05) is 49.4 Å². The first kappa shape index (κ1) is 26.5. The third-order valence-corrected chi connectivity index (χ3v) is 6.63. The van der Waals surface area contributed by atoms with E-state index in [-0.39, 0.29) is 23.5 Å². The van der Waals surface area contributed by atoms with Crippen molar-refractivity contribution in [1.29, 1.82) is 0 Å². The topological polar surface area (TPSA) is 63.9 Å². The van der Waals surface area contributed by atoms with E-state index in [4.69, 9.17) is 16.3 Å². The zero-order valence-corrected chi connectivity index (χ0v) is 21.3. The molecule has 35 heavy (non-hydrogen) atoms. The summed E-state index contributed by atoms with van der Waals surface area (Å²) in [5, 5.41) is 9.50. The van der Waals surface area contributed by atoms with Crippen LogP contribution in [0.3, 0.4) is 0 Å². The summed E-state index contributed by atoms with van der Waals surface area (Å²) in [6.45, 7) is 6.55. The summed E-state index contributed by atoms with van der Waals surface area (Å²) in [6.07, 6.45) is 13.6. The summed E-state index contributed by atoms with van der Waals surface area (Å²) in [7, 11) is 1.54. The predicted octanol–water partition coefficient (Wildman–Crippen LogP) is 6.54. The molecule has 1 aromatic carbocycles. The number of amides is 1. The number of carbonyl (C=O) groups is 1. The smallest absolute Gasteiger partial charge is 0.256 e. The average molecular weight is 513 g/mol. The quantitative estimate of drug-likeness (QED) is 0.160. The van der Waals surface area contributed by atoms with Crippen LogP contribution < -0.4 is 0 Å². The van der Waals surface area contributed by atoms with Gasteiger partial charge in [0, 0.05) is 42.4 Å². The van der Waals surface area contributed by atoms with Crippen LogP contribution in [0.2, 0.25) is 0 Å². The first-order chi connectivity index (χ1) is 17.0. The number of benzene rings is 1. The van der Waals surface area contributed by atoms with E-state index in [2.05, 4.69) is 11.5 Å². The van der Waals surface area contributed by atoms with E-state index in [1.165, 1.54) is 18.9 Å². The van der Waals surface area contributed by atoms with Gasteiger partial charge in [-0.15, -0.1) is 11.8 Å². The van der Waals surface area contributed by atoms with Crippen molar-refractivity contribution in [1.82, 2.24) is 9.47 Å². The van der Waals surface area contributed by atoms with E-state index in [9.17, 15) is 10.1 Å². The fraction of sp³-hybridized carbons (Fsp3) is 0.222. The summed E-state index contributed by atoms with van der Waals surface area (Å²) in [5.74, 6) is 0.465. The molecule has 1 aliphatic rings. The van der Waals surface area contributed by atoms with Crippen molar-refractivity contribution in [2.45, 2.75) is 18.6 Å². The van der Waals surface area contributed by atoms with Gasteiger partial charge in [0.05, 0.1) is 22.7 Å². The number of hydrogen-bond donors (Lipinski definition) is 1. The maximum absolute atomic E-state index is 13.9. The number of allylic oxidation sites excluding steroid dienone is 4. The van der Waals surface area contributed by atoms with Crippen molar-refractivity contribution in [3.63, 3.8) is 0 Å². The Kier molecular flexibility index (Phi) is 9.90. The number of hydrogen-bond acceptors (Lipinski definition) is 5. The fourth-order valence-electron chi connectivity index (χ4n) is 3.59. The molecule has 1 aliphatic heterocycles. The van der Waals surface area contributed by atoms with E-state index < -0.39 is 0 Å². The van der Waals surface area contributed by atoms with Crippen LogP contribution in [0.1, 0.15) is 23.7 Å². The molecule has 0 spiro atoms. The highest BCUT2D eigenvalue weighted by Gasteiger charge is 2.25. The van der Waals surface area contributed by atoms with Crippen LogP contribution in [0.5, 0.6) is 0 Å². The fourth-order valence-corrected chi connectivity index (χ4v) is 4.88. The molecule has 0 aliphatic carbocycles. The van der Waals surface area contributed by atoms with Gasteiger partial charge >= 0.3 is 0 Å². The molecule has 0 fully saturated rings. The molecule has 8 heteroatoms. The van der Waals surface area contributed by atoms with Crippen LogP contribution >= 0.6 is 23.4 Å². The lowest BCUT2D eigenvalue weighted by Gasteiger charge is -2.28. The number of halogens is 1. The second kappa shape index (κ2) is 13.1. The van der Waals surface area contributed by atoms with Crippen molar-refractivity contribution < 1.29 is 19.7 Å². The molecule has 1 unspecified atom stereocenters. The van der Waals surface area contributed by atoms with E-state index in [1.54, 1.807) is 17.0 Å². The highest BCUT2D eigenvalue weighted by atomic mass is 35.5. The standard InChI is InChI=1S/C27H29ClN2O4S/c1-4-10-21(33-3)17-25(34-32)20(2)18-30(19-22-11-9-14-26(28)35-22)27(31)23-12-5-6-13-24(23)29-15-7-8-16-29/h5-17,22,32H,2,4,18-19H2,1,3H3/b21-10+,25-17+. The van der Waals surface area contributed by atoms with Crippen molar-refractivity contribution in [3.8, 4) is 5.69 Å². The Labute approximate surface area is 215 Å². The molecule has 2 aromatic rings. The molecule has 0 bridgehead atoms. The van der Waals surface area contributed by atoms with Crippen molar-refractivity contribution in [3.05, 3.63) is 113 Å². The van der Waals surface area contributed by atoms with Crippen LogP contribution in [-0.4, -0.2) is 46.1 Å². The summed E-state index contributed by atoms with van der Waals surface area (Å²) in [5.41, 5.74) is 1.73. The SMILES string of the molecule is C=C(CN(CC1C=CC=C(Cl)S1)C(=O)c1ccccc1-n1cccc1)/C(=C\C(=C/CC)OC)OO. The zero-order chi connectivity index (χ0) is 25.2. The van der Waals surface area contributed by atoms with Gasteiger partial charge in [-0.05, 0) is 42.8 Å². The minimum absolute atomic E-state index is 0.0417. The monoisotopic (exact) mass is 512 g/mol. The maximum atomic E-state index is 13.9. The lowest BCUT2D eigenvalue weighted by molar-refractivity contribution is -0.200. The Balaban J connectivity index is 1.93. The third-order valence-electron chi connectivity index (χ3n) is 5.26. The average Bonchev–Trinajstić information content (AvgIpc) is 3.40.